The van der Waals surface area contributed by atoms with Crippen molar-refractivity contribution in [1.82, 2.24) is 10.2 Å². The molecule has 0 amide bonds. The molecule has 18 heavy (non-hydrogen) atoms. The lowest BCUT2D eigenvalue weighted by Crippen LogP contribution is -2.66. The Morgan fingerprint density at radius 1 is 1.28 bits per heavy atom. The lowest BCUT2D eigenvalue weighted by Gasteiger charge is -2.53. The van der Waals surface area contributed by atoms with E-state index in [2.05, 4.69) is 30.3 Å². The minimum Gasteiger partial charge on any atom is -0.311 e. The molecule has 0 radical (unpaired) electrons. The maximum atomic E-state index is 3.84. The van der Waals surface area contributed by atoms with Gasteiger partial charge in [-0.1, -0.05) is 33.1 Å². The molecule has 0 aromatic rings. The summed E-state index contributed by atoms with van der Waals surface area (Å²) < 4.78 is 0. The molecule has 1 saturated carbocycles. The van der Waals surface area contributed by atoms with Crippen molar-refractivity contribution in [2.24, 2.45) is 5.92 Å². The number of nitrogens with zero attached hydrogens (tertiary/aromatic N) is 1. The summed E-state index contributed by atoms with van der Waals surface area (Å²) in [6.07, 6.45) is 9.38. The third-order valence-corrected chi connectivity index (χ3v) is 5.53. The molecule has 0 aromatic heterocycles. The Balaban J connectivity index is 2.03. The van der Waals surface area contributed by atoms with Gasteiger partial charge in [0.15, 0.2) is 0 Å². The van der Waals surface area contributed by atoms with Gasteiger partial charge in [0.1, 0.15) is 0 Å². The summed E-state index contributed by atoms with van der Waals surface area (Å²) in [6.45, 7) is 8.47. The van der Waals surface area contributed by atoms with Crippen LogP contribution in [0, 0.1) is 5.92 Å². The molecule has 1 unspecified atom stereocenters. The average molecular weight is 270 g/mol. The first-order valence-corrected chi connectivity index (χ1v) is 9.05. The molecule has 2 rings (SSSR count). The van der Waals surface area contributed by atoms with Crippen molar-refractivity contribution in [3.8, 4) is 0 Å². The molecule has 1 atom stereocenters. The molecule has 2 aliphatic rings. The van der Waals surface area contributed by atoms with Gasteiger partial charge in [-0.25, -0.2) is 0 Å². The molecule has 1 heterocycles. The van der Waals surface area contributed by atoms with E-state index in [1.54, 1.807) is 0 Å². The van der Waals surface area contributed by atoms with Gasteiger partial charge < -0.3 is 5.32 Å². The predicted octanol–water partition coefficient (Wildman–Crippen LogP) is 2.98. The standard InChI is InChI=1S/C15H30N2S/c1-13(2)14-11-17(9-10-18-3)15(12-16-14)7-5-4-6-8-15/h13-14,16H,4-12H2,1-3H3. The minimum absolute atomic E-state index is 0.499. The quantitative estimate of drug-likeness (QED) is 0.845. The zero-order valence-electron chi connectivity index (χ0n) is 12.4. The second kappa shape index (κ2) is 6.62. The van der Waals surface area contributed by atoms with E-state index >= 15 is 0 Å². The second-order valence-corrected chi connectivity index (χ2v) is 7.44. The van der Waals surface area contributed by atoms with Crippen LogP contribution in [0.2, 0.25) is 0 Å². The van der Waals surface area contributed by atoms with E-state index in [-0.39, 0.29) is 0 Å². The smallest absolute Gasteiger partial charge is 0.0335 e. The summed E-state index contributed by atoms with van der Waals surface area (Å²) in [5, 5.41) is 3.84. The Bertz CT molecular complexity index is 249. The van der Waals surface area contributed by atoms with E-state index in [1.165, 1.54) is 57.5 Å². The van der Waals surface area contributed by atoms with E-state index in [1.807, 2.05) is 11.8 Å². The van der Waals surface area contributed by atoms with Gasteiger partial charge in [0.25, 0.3) is 0 Å². The van der Waals surface area contributed by atoms with Crippen LogP contribution < -0.4 is 5.32 Å². The summed E-state index contributed by atoms with van der Waals surface area (Å²) >= 11 is 1.99. The van der Waals surface area contributed by atoms with Gasteiger partial charge in [-0.05, 0) is 25.0 Å². The average Bonchev–Trinajstić information content (AvgIpc) is 2.38. The van der Waals surface area contributed by atoms with Crippen LogP contribution in [0.3, 0.4) is 0 Å². The fourth-order valence-corrected chi connectivity index (χ4v) is 4.01. The molecule has 1 N–H and O–H groups in total. The van der Waals surface area contributed by atoms with Crippen LogP contribution in [0.15, 0.2) is 0 Å². The van der Waals surface area contributed by atoms with Gasteiger partial charge in [0.05, 0.1) is 0 Å². The van der Waals surface area contributed by atoms with Crippen LogP contribution in [0.25, 0.3) is 0 Å². The maximum Gasteiger partial charge on any atom is 0.0335 e. The highest BCUT2D eigenvalue weighted by Gasteiger charge is 2.42. The van der Waals surface area contributed by atoms with Crippen LogP contribution in [-0.4, -0.2) is 48.1 Å². The first-order valence-electron chi connectivity index (χ1n) is 7.65. The van der Waals surface area contributed by atoms with Crippen molar-refractivity contribution in [2.75, 3.05) is 31.6 Å². The highest BCUT2D eigenvalue weighted by molar-refractivity contribution is 7.98. The SMILES string of the molecule is CSCCN1CC(C(C)C)NCC12CCCCC2. The number of nitrogens with one attached hydrogen (secondary N) is 1. The molecule has 1 aliphatic carbocycles. The molecule has 106 valence electrons. The van der Waals surface area contributed by atoms with Gasteiger partial charge in [-0.15, -0.1) is 0 Å². The molecule has 1 aliphatic heterocycles. The van der Waals surface area contributed by atoms with Gasteiger partial charge in [-0.2, -0.15) is 11.8 Å². The van der Waals surface area contributed by atoms with Gasteiger partial charge >= 0.3 is 0 Å². The van der Waals surface area contributed by atoms with E-state index in [9.17, 15) is 0 Å². The largest absolute Gasteiger partial charge is 0.311 e. The lowest BCUT2D eigenvalue weighted by molar-refractivity contribution is 0.00716. The molecule has 1 spiro atoms. The fourth-order valence-electron chi connectivity index (χ4n) is 3.61. The minimum atomic E-state index is 0.499. The Morgan fingerprint density at radius 3 is 2.61 bits per heavy atom. The summed E-state index contributed by atoms with van der Waals surface area (Å²) in [7, 11) is 0. The maximum absolute atomic E-state index is 3.84. The van der Waals surface area contributed by atoms with Crippen molar-refractivity contribution in [1.29, 1.82) is 0 Å². The summed E-state index contributed by atoms with van der Waals surface area (Å²) in [6, 6.07) is 0.694. The van der Waals surface area contributed by atoms with Crippen LogP contribution in [-0.2, 0) is 0 Å². The van der Waals surface area contributed by atoms with E-state index in [0.29, 0.717) is 11.6 Å². The Labute approximate surface area is 117 Å². The van der Waals surface area contributed by atoms with E-state index in [0.717, 1.165) is 5.92 Å². The first kappa shape index (κ1) is 14.7. The number of piperazine rings is 1. The number of rotatable bonds is 4. The zero-order valence-corrected chi connectivity index (χ0v) is 13.2. The Hall–Kier alpha value is 0.270. The van der Waals surface area contributed by atoms with Crippen molar-refractivity contribution >= 4 is 11.8 Å². The lowest BCUT2D eigenvalue weighted by atomic mass is 9.77. The van der Waals surface area contributed by atoms with Crippen molar-refractivity contribution < 1.29 is 0 Å². The van der Waals surface area contributed by atoms with E-state index in [4.69, 9.17) is 0 Å². The third kappa shape index (κ3) is 3.23. The normalized spacial score (nSPS) is 29.0. The van der Waals surface area contributed by atoms with Gasteiger partial charge in [-0.3, -0.25) is 4.90 Å². The Morgan fingerprint density at radius 2 is 2.00 bits per heavy atom. The first-order chi connectivity index (χ1) is 8.68. The molecule has 2 nitrogen and oxygen atoms in total. The number of hydrogen-bond acceptors (Lipinski definition) is 3. The predicted molar refractivity (Wildman–Crippen MR) is 82.4 cm³/mol. The van der Waals surface area contributed by atoms with Crippen LogP contribution >= 0.6 is 11.8 Å². The molecule has 0 aromatic carbocycles. The molecule has 0 bridgehead atoms. The monoisotopic (exact) mass is 270 g/mol. The van der Waals surface area contributed by atoms with Crippen LogP contribution in [0.5, 0.6) is 0 Å². The number of hydrogen-bond donors (Lipinski definition) is 1. The molecular formula is C15H30N2S. The molecule has 2 fully saturated rings. The second-order valence-electron chi connectivity index (χ2n) is 6.46. The van der Waals surface area contributed by atoms with Crippen molar-refractivity contribution in [2.45, 2.75) is 57.5 Å². The number of thioether (sulfide) groups is 1. The summed E-state index contributed by atoms with van der Waals surface area (Å²) in [5.41, 5.74) is 0.499. The highest BCUT2D eigenvalue weighted by atomic mass is 32.2. The molecule has 3 heteroatoms. The summed E-state index contributed by atoms with van der Waals surface area (Å²) in [5.74, 6) is 2.04. The fraction of sp³-hybridized carbons (Fsp3) is 1.00. The highest BCUT2D eigenvalue weighted by Crippen LogP contribution is 2.36. The molecule has 1 saturated heterocycles. The van der Waals surface area contributed by atoms with E-state index < -0.39 is 0 Å². The third-order valence-electron chi connectivity index (χ3n) is 4.94. The van der Waals surface area contributed by atoms with Gasteiger partial charge in [0, 0.05) is 37.0 Å². The summed E-state index contributed by atoms with van der Waals surface area (Å²) in [4.78, 5) is 2.84. The Kier molecular flexibility index (Phi) is 5.40. The zero-order chi connectivity index (χ0) is 13.0. The van der Waals surface area contributed by atoms with Crippen molar-refractivity contribution in [3.63, 3.8) is 0 Å². The van der Waals surface area contributed by atoms with Crippen molar-refractivity contribution in [3.05, 3.63) is 0 Å². The van der Waals surface area contributed by atoms with Crippen LogP contribution in [0.1, 0.15) is 46.0 Å². The van der Waals surface area contributed by atoms with Crippen LogP contribution in [0.4, 0.5) is 0 Å². The van der Waals surface area contributed by atoms with Gasteiger partial charge in [0.2, 0.25) is 0 Å². The topological polar surface area (TPSA) is 15.3 Å². The molecular weight excluding hydrogens is 240 g/mol.